The van der Waals surface area contributed by atoms with E-state index in [0.717, 1.165) is 17.7 Å². The van der Waals surface area contributed by atoms with Crippen molar-refractivity contribution < 1.29 is 21.6 Å². The molecule has 0 radical (unpaired) electrons. The number of anilines is 1. The van der Waals surface area contributed by atoms with Gasteiger partial charge in [-0.25, -0.2) is 8.42 Å². The van der Waals surface area contributed by atoms with E-state index in [1.165, 1.54) is 6.07 Å². The van der Waals surface area contributed by atoms with Crippen LogP contribution in [0.2, 0.25) is 5.02 Å². The lowest BCUT2D eigenvalue weighted by atomic mass is 10.1. The molecule has 23 heavy (non-hydrogen) atoms. The first-order valence-electron chi connectivity index (χ1n) is 6.48. The maximum absolute atomic E-state index is 13.1. The monoisotopic (exact) mass is 363 g/mol. The largest absolute Gasteiger partial charge is 0.417 e. The summed E-state index contributed by atoms with van der Waals surface area (Å²) in [7, 11) is -4.41. The average Bonchev–Trinajstić information content (AvgIpc) is 2.42. The van der Waals surface area contributed by atoms with Gasteiger partial charge in [-0.2, -0.15) is 13.2 Å². The van der Waals surface area contributed by atoms with Gasteiger partial charge in [-0.05, 0) is 49.2 Å². The Kier molecular flexibility index (Phi) is 4.64. The molecule has 0 aliphatic heterocycles. The zero-order valence-corrected chi connectivity index (χ0v) is 13.8. The molecule has 2 aromatic carbocycles. The van der Waals surface area contributed by atoms with Crippen LogP contribution in [-0.2, 0) is 16.2 Å². The predicted octanol–water partition coefficient (Wildman–Crippen LogP) is 4.78. The van der Waals surface area contributed by atoms with Crippen LogP contribution in [-0.4, -0.2) is 8.42 Å². The van der Waals surface area contributed by atoms with E-state index in [9.17, 15) is 21.6 Å². The fraction of sp³-hybridized carbons (Fsp3) is 0.200. The van der Waals surface area contributed by atoms with E-state index in [-0.39, 0.29) is 10.7 Å². The zero-order chi connectivity index (χ0) is 17.4. The molecule has 0 saturated carbocycles. The predicted molar refractivity (Wildman–Crippen MR) is 83.2 cm³/mol. The molecule has 0 fully saturated rings. The highest BCUT2D eigenvalue weighted by Crippen LogP contribution is 2.36. The molecular formula is C15H13ClF3NO2S. The van der Waals surface area contributed by atoms with Gasteiger partial charge in [0.15, 0.2) is 0 Å². The lowest BCUT2D eigenvalue weighted by molar-refractivity contribution is -0.139. The van der Waals surface area contributed by atoms with Crippen LogP contribution >= 0.6 is 11.6 Å². The Morgan fingerprint density at radius 2 is 1.74 bits per heavy atom. The van der Waals surface area contributed by atoms with Crippen molar-refractivity contribution >= 4 is 27.3 Å². The Hall–Kier alpha value is -1.73. The second-order valence-corrected chi connectivity index (χ2v) is 7.08. The first-order valence-corrected chi connectivity index (χ1v) is 8.34. The highest BCUT2D eigenvalue weighted by Gasteiger charge is 2.37. The van der Waals surface area contributed by atoms with Crippen molar-refractivity contribution in [3.8, 4) is 0 Å². The van der Waals surface area contributed by atoms with Gasteiger partial charge in [0.1, 0.15) is 0 Å². The summed E-state index contributed by atoms with van der Waals surface area (Å²) in [6.07, 6.45) is -4.84. The zero-order valence-electron chi connectivity index (χ0n) is 12.2. The highest BCUT2D eigenvalue weighted by molar-refractivity contribution is 7.92. The summed E-state index contributed by atoms with van der Waals surface area (Å²) in [5.41, 5.74) is 0.381. The summed E-state index contributed by atoms with van der Waals surface area (Å²) in [6.45, 7) is 3.45. The first kappa shape index (κ1) is 17.6. The Balaban J connectivity index is 2.55. The Bertz CT molecular complexity index is 848. The molecule has 0 saturated heterocycles. The van der Waals surface area contributed by atoms with Gasteiger partial charge in [0.2, 0.25) is 0 Å². The molecule has 2 aromatic rings. The minimum absolute atomic E-state index is 0.192. The molecule has 0 aromatic heterocycles. The first-order chi connectivity index (χ1) is 10.5. The van der Waals surface area contributed by atoms with Gasteiger partial charge in [-0.3, -0.25) is 4.72 Å². The van der Waals surface area contributed by atoms with Crippen molar-refractivity contribution in [2.75, 3.05) is 4.72 Å². The number of sulfonamides is 1. The van der Waals surface area contributed by atoms with Crippen molar-refractivity contribution in [1.82, 2.24) is 0 Å². The summed E-state index contributed by atoms with van der Waals surface area (Å²) in [4.78, 5) is -0.865. The molecule has 0 heterocycles. The minimum Gasteiger partial charge on any atom is -0.279 e. The van der Waals surface area contributed by atoms with Crippen LogP contribution in [0.1, 0.15) is 16.7 Å². The smallest absolute Gasteiger partial charge is 0.279 e. The molecule has 1 N–H and O–H groups in total. The highest BCUT2D eigenvalue weighted by atomic mass is 35.5. The summed E-state index contributed by atoms with van der Waals surface area (Å²) in [6, 6.07) is 7.43. The lowest BCUT2D eigenvalue weighted by Crippen LogP contribution is -2.19. The molecule has 0 atom stereocenters. The third-order valence-corrected chi connectivity index (χ3v) is 5.04. The van der Waals surface area contributed by atoms with Gasteiger partial charge in [0.05, 0.1) is 16.1 Å². The third kappa shape index (κ3) is 3.79. The van der Waals surface area contributed by atoms with Crippen molar-refractivity contribution in [1.29, 1.82) is 0 Å². The number of benzene rings is 2. The van der Waals surface area contributed by atoms with E-state index in [1.807, 2.05) is 0 Å². The van der Waals surface area contributed by atoms with Crippen molar-refractivity contribution in [2.45, 2.75) is 24.9 Å². The standard InChI is InChI=1S/C15H13ClF3NO2S/c1-9-4-3-5-13(10(9)2)20-23(21,22)14-7-6-11(16)8-12(14)15(17,18)19/h3-8,20H,1-2H3. The Morgan fingerprint density at radius 1 is 1.09 bits per heavy atom. The maximum atomic E-state index is 13.1. The second kappa shape index (κ2) is 6.05. The van der Waals surface area contributed by atoms with Gasteiger partial charge >= 0.3 is 6.18 Å². The number of aryl methyl sites for hydroxylation is 1. The quantitative estimate of drug-likeness (QED) is 0.853. The molecule has 8 heteroatoms. The number of hydrogen-bond acceptors (Lipinski definition) is 2. The molecule has 0 bridgehead atoms. The normalized spacial score (nSPS) is 12.3. The summed E-state index contributed by atoms with van der Waals surface area (Å²) in [5.74, 6) is 0. The Labute approximate surface area is 137 Å². The topological polar surface area (TPSA) is 46.2 Å². The minimum atomic E-state index is -4.84. The van der Waals surface area contributed by atoms with Crippen LogP contribution < -0.4 is 4.72 Å². The summed E-state index contributed by atoms with van der Waals surface area (Å²) < 4.78 is 66.3. The van der Waals surface area contributed by atoms with Crippen LogP contribution in [0.3, 0.4) is 0 Å². The summed E-state index contributed by atoms with van der Waals surface area (Å²) >= 11 is 5.56. The van der Waals surface area contributed by atoms with Crippen molar-refractivity contribution in [3.63, 3.8) is 0 Å². The molecule has 2 rings (SSSR count). The fourth-order valence-electron chi connectivity index (χ4n) is 2.02. The third-order valence-electron chi connectivity index (χ3n) is 3.39. The maximum Gasteiger partial charge on any atom is 0.417 e. The van der Waals surface area contributed by atoms with Gasteiger partial charge in [0.25, 0.3) is 10.0 Å². The molecule has 0 amide bonds. The SMILES string of the molecule is Cc1cccc(NS(=O)(=O)c2ccc(Cl)cc2C(F)(F)F)c1C. The number of nitrogens with one attached hydrogen (secondary N) is 1. The molecule has 0 aliphatic carbocycles. The Morgan fingerprint density at radius 3 is 2.35 bits per heavy atom. The molecule has 3 nitrogen and oxygen atoms in total. The van der Waals surface area contributed by atoms with E-state index < -0.39 is 26.7 Å². The van der Waals surface area contributed by atoms with E-state index >= 15 is 0 Å². The number of halogens is 4. The van der Waals surface area contributed by atoms with E-state index in [4.69, 9.17) is 11.6 Å². The van der Waals surface area contributed by atoms with Gasteiger partial charge in [-0.1, -0.05) is 23.7 Å². The van der Waals surface area contributed by atoms with Gasteiger partial charge in [-0.15, -0.1) is 0 Å². The second-order valence-electron chi connectivity index (χ2n) is 4.99. The van der Waals surface area contributed by atoms with Crippen molar-refractivity contribution in [2.24, 2.45) is 0 Å². The summed E-state index contributed by atoms with van der Waals surface area (Å²) in [5, 5.41) is -0.192. The van der Waals surface area contributed by atoms with Crippen LogP contribution in [0, 0.1) is 13.8 Å². The molecule has 124 valence electrons. The van der Waals surface area contributed by atoms with Crippen LogP contribution in [0.25, 0.3) is 0 Å². The van der Waals surface area contributed by atoms with Gasteiger partial charge < -0.3 is 0 Å². The van der Waals surface area contributed by atoms with E-state index in [0.29, 0.717) is 11.6 Å². The lowest BCUT2D eigenvalue weighted by Gasteiger charge is -2.16. The number of hydrogen-bond donors (Lipinski definition) is 1. The average molecular weight is 364 g/mol. The molecular weight excluding hydrogens is 351 g/mol. The van der Waals surface area contributed by atoms with E-state index in [1.54, 1.807) is 26.0 Å². The molecule has 0 aliphatic rings. The van der Waals surface area contributed by atoms with Crippen LogP contribution in [0.4, 0.5) is 18.9 Å². The van der Waals surface area contributed by atoms with Crippen molar-refractivity contribution in [3.05, 3.63) is 58.1 Å². The van der Waals surface area contributed by atoms with Crippen LogP contribution in [0.5, 0.6) is 0 Å². The number of rotatable bonds is 3. The fourth-order valence-corrected chi connectivity index (χ4v) is 3.52. The van der Waals surface area contributed by atoms with E-state index in [2.05, 4.69) is 4.72 Å². The molecule has 0 spiro atoms. The van der Waals surface area contributed by atoms with Crippen LogP contribution in [0.15, 0.2) is 41.3 Å². The molecule has 0 unspecified atom stereocenters. The van der Waals surface area contributed by atoms with Gasteiger partial charge in [0, 0.05) is 5.02 Å². The number of alkyl halides is 3.